The molecule has 3 aromatic carbocycles. The highest BCUT2D eigenvalue weighted by Gasteiger charge is 2.20. The molecule has 176 valence electrons. The van der Waals surface area contributed by atoms with Crippen LogP contribution in [0, 0.1) is 0 Å². The normalized spacial score (nSPS) is 14.2. The number of aromatic hydroxyl groups is 1. The van der Waals surface area contributed by atoms with E-state index in [9.17, 15) is 14.7 Å². The van der Waals surface area contributed by atoms with Crippen molar-refractivity contribution in [1.29, 1.82) is 0 Å². The molecule has 3 aromatic rings. The van der Waals surface area contributed by atoms with E-state index in [1.165, 1.54) is 0 Å². The number of phenolic OH excluding ortho intramolecular Hbond substituents is 1. The Kier molecular flexibility index (Phi) is 7.23. The molecule has 1 amide bonds. The van der Waals surface area contributed by atoms with E-state index >= 15 is 0 Å². The van der Waals surface area contributed by atoms with Gasteiger partial charge in [0.15, 0.2) is 5.78 Å². The number of rotatable bonds is 8. The number of fused-ring (bicyclic) bond motifs is 2. The van der Waals surface area contributed by atoms with Gasteiger partial charge >= 0.3 is 0 Å². The molecule has 0 saturated carbocycles. The van der Waals surface area contributed by atoms with E-state index in [4.69, 9.17) is 23.1 Å². The number of benzene rings is 3. The molecular weight excluding hydrogens is 448 g/mol. The van der Waals surface area contributed by atoms with Crippen molar-refractivity contribution in [3.8, 4) is 5.75 Å². The second-order valence-electron chi connectivity index (χ2n) is 8.91. The number of hydrogen-bond donors (Lipinski definition) is 3. The fourth-order valence-electron chi connectivity index (χ4n) is 4.88. The molecule has 0 aromatic heterocycles. The van der Waals surface area contributed by atoms with Gasteiger partial charge in [0.05, 0.1) is 0 Å². The number of nitrogen functional groups attached to an aromatic ring is 1. The lowest BCUT2D eigenvalue weighted by Crippen LogP contribution is -2.11. The van der Waals surface area contributed by atoms with Crippen LogP contribution in [0.1, 0.15) is 65.1 Å². The number of amides is 1. The lowest BCUT2D eigenvalue weighted by atomic mass is 9.88. The summed E-state index contributed by atoms with van der Waals surface area (Å²) in [6.07, 6.45) is 6.19. The van der Waals surface area contributed by atoms with Crippen LogP contribution in [-0.4, -0.2) is 22.7 Å². The van der Waals surface area contributed by atoms with Gasteiger partial charge in [0.25, 0.3) is 0 Å². The summed E-state index contributed by atoms with van der Waals surface area (Å²) in [5.41, 5.74) is 16.4. The largest absolute Gasteiger partial charge is 0.507 e. The first-order valence-corrected chi connectivity index (χ1v) is 12.1. The molecule has 0 aliphatic heterocycles. The van der Waals surface area contributed by atoms with Gasteiger partial charge in [-0.05, 0) is 78.0 Å². The lowest BCUT2D eigenvalue weighted by molar-refractivity contribution is -0.115. The number of hydrogen-bond acceptors (Lipinski definition) is 4. The standard InChI is InChI=1S/C28H29ClN2O3/c29-16-20(27-23-9-2-1-8-22(23)26(33)15-24(27)30)7-4-10-25(32)18-6-3-5-17-11-12-19(28(31)34)14-21(17)13-18/h1-2,8-9,11-15,20,33H,3-7,10,16,30H2,(H2,31,34)/t20-/m0/s1. The number of phenols is 1. The highest BCUT2D eigenvalue weighted by atomic mass is 35.5. The second-order valence-corrected chi connectivity index (χ2v) is 9.22. The molecule has 0 spiro atoms. The second kappa shape index (κ2) is 10.3. The number of Topliss-reactive ketones (excluding diaryl/α,β-unsaturated/α-hetero) is 1. The van der Waals surface area contributed by atoms with Gasteiger partial charge in [-0.1, -0.05) is 30.3 Å². The third-order valence-electron chi connectivity index (χ3n) is 6.66. The van der Waals surface area contributed by atoms with E-state index in [0.717, 1.165) is 45.9 Å². The zero-order valence-corrected chi connectivity index (χ0v) is 19.8. The highest BCUT2D eigenvalue weighted by molar-refractivity contribution is 6.18. The van der Waals surface area contributed by atoms with E-state index in [2.05, 4.69) is 0 Å². The van der Waals surface area contributed by atoms with Gasteiger partial charge < -0.3 is 16.6 Å². The molecule has 34 heavy (non-hydrogen) atoms. The van der Waals surface area contributed by atoms with E-state index in [1.54, 1.807) is 18.2 Å². The topological polar surface area (TPSA) is 106 Å². The van der Waals surface area contributed by atoms with Gasteiger partial charge in [-0.15, -0.1) is 11.6 Å². The number of ketones is 1. The molecule has 1 aliphatic carbocycles. The van der Waals surface area contributed by atoms with Gasteiger partial charge in [0.1, 0.15) is 5.75 Å². The molecule has 5 nitrogen and oxygen atoms in total. The molecule has 0 saturated heterocycles. The average molecular weight is 477 g/mol. The third kappa shape index (κ3) is 4.95. The fourth-order valence-corrected chi connectivity index (χ4v) is 5.19. The van der Waals surface area contributed by atoms with Crippen LogP contribution >= 0.6 is 11.6 Å². The summed E-state index contributed by atoms with van der Waals surface area (Å²) in [6.45, 7) is 0. The van der Waals surface area contributed by atoms with E-state index in [0.29, 0.717) is 42.8 Å². The van der Waals surface area contributed by atoms with Crippen molar-refractivity contribution in [2.45, 2.75) is 44.4 Å². The molecule has 0 heterocycles. The van der Waals surface area contributed by atoms with E-state index < -0.39 is 5.91 Å². The number of carbonyl (C=O) groups is 2. The van der Waals surface area contributed by atoms with Crippen LogP contribution in [0.25, 0.3) is 16.8 Å². The predicted octanol–water partition coefficient (Wildman–Crippen LogP) is 5.71. The SMILES string of the molecule is NC(=O)c1ccc2c(c1)C=C(C(=O)CCC[C@@H](CCl)c1c(N)cc(O)c3ccccc13)CCC2. The van der Waals surface area contributed by atoms with Crippen molar-refractivity contribution in [1.82, 2.24) is 0 Å². The zero-order chi connectivity index (χ0) is 24.2. The maximum atomic E-state index is 13.1. The maximum absolute atomic E-state index is 13.1. The van der Waals surface area contributed by atoms with Crippen LogP contribution < -0.4 is 11.5 Å². The Hall–Kier alpha value is -3.31. The summed E-state index contributed by atoms with van der Waals surface area (Å²) >= 11 is 6.34. The number of halogens is 1. The number of anilines is 1. The molecule has 4 rings (SSSR count). The van der Waals surface area contributed by atoms with Crippen molar-refractivity contribution in [3.63, 3.8) is 0 Å². The summed E-state index contributed by atoms with van der Waals surface area (Å²) in [5, 5.41) is 11.9. The predicted molar refractivity (Wildman–Crippen MR) is 138 cm³/mol. The van der Waals surface area contributed by atoms with Gasteiger partial charge in [-0.2, -0.15) is 0 Å². The minimum atomic E-state index is -0.471. The van der Waals surface area contributed by atoms with Crippen LogP contribution in [0.4, 0.5) is 5.69 Å². The first-order valence-electron chi connectivity index (χ1n) is 11.6. The quantitative estimate of drug-likeness (QED) is 0.286. The number of nitrogens with two attached hydrogens (primary N) is 2. The average Bonchev–Trinajstić information content (AvgIpc) is 3.05. The molecule has 0 unspecified atom stereocenters. The first kappa shape index (κ1) is 23.8. The van der Waals surface area contributed by atoms with E-state index in [1.807, 2.05) is 36.4 Å². The Morgan fingerprint density at radius 3 is 2.56 bits per heavy atom. The Morgan fingerprint density at radius 2 is 1.82 bits per heavy atom. The minimum absolute atomic E-state index is 0.0260. The molecule has 5 N–H and O–H groups in total. The number of allylic oxidation sites excluding steroid dienone is 1. The number of aryl methyl sites for hydroxylation is 1. The Bertz CT molecular complexity index is 1280. The van der Waals surface area contributed by atoms with Crippen molar-refractivity contribution in [2.24, 2.45) is 5.73 Å². The molecule has 0 radical (unpaired) electrons. The van der Waals surface area contributed by atoms with Crippen LogP contribution in [0.3, 0.4) is 0 Å². The zero-order valence-electron chi connectivity index (χ0n) is 19.0. The highest BCUT2D eigenvalue weighted by Crippen LogP contribution is 2.39. The fraction of sp³-hybridized carbons (Fsp3) is 0.286. The molecule has 1 atom stereocenters. The molecule has 6 heteroatoms. The van der Waals surface area contributed by atoms with Crippen LogP contribution in [0.5, 0.6) is 5.75 Å². The van der Waals surface area contributed by atoms with Gasteiger partial charge in [-0.3, -0.25) is 9.59 Å². The van der Waals surface area contributed by atoms with E-state index in [-0.39, 0.29) is 17.5 Å². The third-order valence-corrected chi connectivity index (χ3v) is 7.03. The van der Waals surface area contributed by atoms with Gasteiger partial charge in [-0.25, -0.2) is 0 Å². The van der Waals surface area contributed by atoms with Gasteiger partial charge in [0.2, 0.25) is 5.91 Å². The van der Waals surface area contributed by atoms with Crippen molar-refractivity contribution >= 4 is 45.8 Å². The summed E-state index contributed by atoms with van der Waals surface area (Å²) in [7, 11) is 0. The van der Waals surface area contributed by atoms with Crippen LogP contribution in [0.15, 0.2) is 54.1 Å². The Balaban J connectivity index is 1.49. The molecule has 0 fully saturated rings. The monoisotopic (exact) mass is 476 g/mol. The molecular formula is C28H29ClN2O3. The summed E-state index contributed by atoms with van der Waals surface area (Å²) in [5.74, 6) is 0.150. The number of carbonyl (C=O) groups excluding carboxylic acids is 2. The Morgan fingerprint density at radius 1 is 1.06 bits per heavy atom. The van der Waals surface area contributed by atoms with Crippen molar-refractivity contribution in [2.75, 3.05) is 11.6 Å². The van der Waals surface area contributed by atoms with Crippen molar-refractivity contribution < 1.29 is 14.7 Å². The maximum Gasteiger partial charge on any atom is 0.248 e. The first-order chi connectivity index (χ1) is 16.4. The lowest BCUT2D eigenvalue weighted by Gasteiger charge is -2.20. The summed E-state index contributed by atoms with van der Waals surface area (Å²) in [6, 6.07) is 14.6. The van der Waals surface area contributed by atoms with Crippen molar-refractivity contribution in [3.05, 3.63) is 76.4 Å². The Labute approximate surface area is 204 Å². The number of alkyl halides is 1. The van der Waals surface area contributed by atoms with Crippen LogP contribution in [-0.2, 0) is 11.2 Å². The molecule has 1 aliphatic rings. The number of primary amides is 1. The summed E-state index contributed by atoms with van der Waals surface area (Å²) in [4.78, 5) is 24.6. The van der Waals surface area contributed by atoms with Crippen LogP contribution in [0.2, 0.25) is 0 Å². The minimum Gasteiger partial charge on any atom is -0.507 e. The smallest absolute Gasteiger partial charge is 0.248 e. The van der Waals surface area contributed by atoms with Gasteiger partial charge in [0, 0.05) is 40.9 Å². The summed E-state index contributed by atoms with van der Waals surface area (Å²) < 4.78 is 0. The molecule has 0 bridgehead atoms.